The van der Waals surface area contributed by atoms with Gasteiger partial charge in [-0.05, 0) is 56.3 Å². The number of ether oxygens (including phenoxy) is 1. The summed E-state index contributed by atoms with van der Waals surface area (Å²) in [5.41, 5.74) is 1.91. The number of likely N-dealkylation sites (N-methyl/N-ethyl adjacent to an activating group) is 1. The van der Waals surface area contributed by atoms with Gasteiger partial charge < -0.3 is 9.64 Å². The summed E-state index contributed by atoms with van der Waals surface area (Å²) in [6, 6.07) is 15.6. The zero-order valence-corrected chi connectivity index (χ0v) is 17.4. The zero-order valence-electron chi connectivity index (χ0n) is 16.6. The van der Waals surface area contributed by atoms with Crippen LogP contribution in [0.2, 0.25) is 5.02 Å². The van der Waals surface area contributed by atoms with E-state index in [9.17, 15) is 4.79 Å². The van der Waals surface area contributed by atoms with Crippen molar-refractivity contribution in [1.29, 1.82) is 0 Å². The minimum Gasteiger partial charge on any atom is -0.492 e. The molecule has 27 heavy (non-hydrogen) atoms. The van der Waals surface area contributed by atoms with Crippen LogP contribution in [0.3, 0.4) is 0 Å². The molecule has 0 fully saturated rings. The minimum absolute atomic E-state index is 0.00699. The minimum atomic E-state index is -0.00699. The Morgan fingerprint density at radius 2 is 1.85 bits per heavy atom. The lowest BCUT2D eigenvalue weighted by atomic mass is 10.1. The number of carbonyl (C=O) groups excluding carboxylic acids is 1. The largest absolute Gasteiger partial charge is 0.492 e. The molecule has 0 N–H and O–H groups in total. The molecule has 4 nitrogen and oxygen atoms in total. The normalized spacial score (nSPS) is 11.1. The highest BCUT2D eigenvalue weighted by molar-refractivity contribution is 6.30. The first-order valence-corrected chi connectivity index (χ1v) is 9.75. The maximum absolute atomic E-state index is 12.6. The van der Waals surface area contributed by atoms with Crippen LogP contribution in [0.1, 0.15) is 36.7 Å². The molecule has 0 unspecified atom stereocenters. The molecule has 0 heterocycles. The molecule has 5 heteroatoms. The maximum atomic E-state index is 12.6. The second-order valence-corrected chi connectivity index (χ2v) is 7.32. The summed E-state index contributed by atoms with van der Waals surface area (Å²) in [6.45, 7) is 9.38. The molecular formula is C22H29ClN2O2. The van der Waals surface area contributed by atoms with Crippen LogP contribution in [0.4, 0.5) is 0 Å². The van der Waals surface area contributed by atoms with E-state index in [-0.39, 0.29) is 5.91 Å². The first-order chi connectivity index (χ1) is 12.9. The summed E-state index contributed by atoms with van der Waals surface area (Å²) in [5, 5.41) is 0.635. The van der Waals surface area contributed by atoms with Gasteiger partial charge in [0, 0.05) is 30.2 Å². The molecule has 2 aromatic rings. The monoisotopic (exact) mass is 388 g/mol. The number of hydrogen-bond donors (Lipinski definition) is 0. The molecule has 0 spiro atoms. The molecule has 0 radical (unpaired) electrons. The van der Waals surface area contributed by atoms with Gasteiger partial charge >= 0.3 is 0 Å². The Balaban J connectivity index is 1.86. The van der Waals surface area contributed by atoms with Crippen molar-refractivity contribution in [3.63, 3.8) is 0 Å². The van der Waals surface area contributed by atoms with E-state index in [1.807, 2.05) is 36.4 Å². The molecule has 0 aliphatic carbocycles. The summed E-state index contributed by atoms with van der Waals surface area (Å²) in [5.74, 6) is 0.700. The van der Waals surface area contributed by atoms with Crippen molar-refractivity contribution in [3.05, 3.63) is 64.7 Å². The van der Waals surface area contributed by atoms with Crippen LogP contribution in [-0.2, 0) is 6.54 Å². The predicted octanol–water partition coefficient (Wildman–Crippen LogP) is 4.72. The van der Waals surface area contributed by atoms with E-state index in [2.05, 4.69) is 25.7 Å². The lowest BCUT2D eigenvalue weighted by Gasteiger charge is -2.25. The Labute approximate surface area is 167 Å². The molecule has 0 atom stereocenters. The van der Waals surface area contributed by atoms with Gasteiger partial charge in [0.1, 0.15) is 12.4 Å². The molecule has 0 saturated carbocycles. The number of carbonyl (C=O) groups is 1. The first kappa shape index (κ1) is 21.3. The van der Waals surface area contributed by atoms with E-state index in [4.69, 9.17) is 16.3 Å². The Morgan fingerprint density at radius 1 is 1.15 bits per heavy atom. The quantitative estimate of drug-likeness (QED) is 0.623. The van der Waals surface area contributed by atoms with Crippen LogP contribution in [0.5, 0.6) is 5.75 Å². The number of amides is 1. The highest BCUT2D eigenvalue weighted by Gasteiger charge is 2.13. The average molecular weight is 389 g/mol. The number of benzene rings is 2. The maximum Gasteiger partial charge on any atom is 0.253 e. The van der Waals surface area contributed by atoms with E-state index >= 15 is 0 Å². The van der Waals surface area contributed by atoms with Crippen LogP contribution in [-0.4, -0.2) is 48.5 Å². The van der Waals surface area contributed by atoms with Crippen LogP contribution >= 0.6 is 11.6 Å². The summed E-state index contributed by atoms with van der Waals surface area (Å²) >= 11 is 5.94. The lowest BCUT2D eigenvalue weighted by molar-refractivity contribution is 0.0773. The number of nitrogens with zero attached hydrogens (tertiary/aromatic N) is 2. The van der Waals surface area contributed by atoms with E-state index in [1.165, 1.54) is 5.56 Å². The Kier molecular flexibility index (Phi) is 8.14. The number of halogens is 1. The molecular weight excluding hydrogens is 360 g/mol. The molecule has 0 bridgehead atoms. The molecule has 146 valence electrons. The molecule has 0 aliphatic rings. The van der Waals surface area contributed by atoms with Gasteiger partial charge in [0.2, 0.25) is 0 Å². The van der Waals surface area contributed by atoms with E-state index in [1.54, 1.807) is 24.1 Å². The highest BCUT2D eigenvalue weighted by Crippen LogP contribution is 2.17. The second kappa shape index (κ2) is 10.3. The topological polar surface area (TPSA) is 32.8 Å². The standard InChI is InChI=1S/C22H29ClN2O2/c1-5-25(17(2)3)16-18-9-11-19(12-10-18)22(26)24(4)13-14-27-21-8-6-7-20(23)15-21/h6-12,15,17H,5,13-14,16H2,1-4H3. The van der Waals surface area contributed by atoms with Crippen LogP contribution in [0.25, 0.3) is 0 Å². The van der Waals surface area contributed by atoms with E-state index in [0.29, 0.717) is 35.5 Å². The van der Waals surface area contributed by atoms with Gasteiger partial charge in [0.05, 0.1) is 6.54 Å². The SMILES string of the molecule is CCN(Cc1ccc(C(=O)N(C)CCOc2cccc(Cl)c2)cc1)C(C)C. The van der Waals surface area contributed by atoms with Gasteiger partial charge in [-0.25, -0.2) is 0 Å². The van der Waals surface area contributed by atoms with E-state index in [0.717, 1.165) is 13.1 Å². The van der Waals surface area contributed by atoms with Crippen molar-refractivity contribution in [2.75, 3.05) is 26.7 Å². The zero-order chi connectivity index (χ0) is 19.8. The third-order valence-corrected chi connectivity index (χ3v) is 4.80. The second-order valence-electron chi connectivity index (χ2n) is 6.89. The predicted molar refractivity (Wildman–Crippen MR) is 112 cm³/mol. The van der Waals surface area contributed by atoms with Crippen LogP contribution in [0, 0.1) is 0 Å². The Hall–Kier alpha value is -2.04. The van der Waals surface area contributed by atoms with Crippen LogP contribution in [0.15, 0.2) is 48.5 Å². The van der Waals surface area contributed by atoms with Gasteiger partial charge in [-0.1, -0.05) is 36.7 Å². The fraction of sp³-hybridized carbons (Fsp3) is 0.409. The highest BCUT2D eigenvalue weighted by atomic mass is 35.5. The number of rotatable bonds is 9. The third kappa shape index (κ3) is 6.56. The fourth-order valence-electron chi connectivity index (χ4n) is 2.83. The molecule has 0 aromatic heterocycles. The van der Waals surface area contributed by atoms with Gasteiger partial charge in [-0.3, -0.25) is 9.69 Å². The molecule has 0 aliphatic heterocycles. The summed E-state index contributed by atoms with van der Waals surface area (Å²) in [4.78, 5) is 16.6. The molecule has 2 aromatic carbocycles. The van der Waals surface area contributed by atoms with Crippen molar-refractivity contribution in [3.8, 4) is 5.75 Å². The first-order valence-electron chi connectivity index (χ1n) is 9.37. The van der Waals surface area contributed by atoms with Gasteiger partial charge in [0.15, 0.2) is 0 Å². The van der Waals surface area contributed by atoms with Crippen LogP contribution < -0.4 is 4.74 Å². The van der Waals surface area contributed by atoms with Crippen molar-refractivity contribution < 1.29 is 9.53 Å². The molecule has 2 rings (SSSR count). The molecule has 0 saturated heterocycles. The number of hydrogen-bond acceptors (Lipinski definition) is 3. The third-order valence-electron chi connectivity index (χ3n) is 4.56. The van der Waals surface area contributed by atoms with Crippen molar-refractivity contribution >= 4 is 17.5 Å². The summed E-state index contributed by atoms with van der Waals surface area (Å²) < 4.78 is 5.66. The molecule has 1 amide bonds. The van der Waals surface area contributed by atoms with Gasteiger partial charge in [-0.15, -0.1) is 0 Å². The lowest BCUT2D eigenvalue weighted by Crippen LogP contribution is -2.31. The smallest absolute Gasteiger partial charge is 0.253 e. The average Bonchev–Trinajstić information content (AvgIpc) is 2.65. The Morgan fingerprint density at radius 3 is 2.44 bits per heavy atom. The van der Waals surface area contributed by atoms with Gasteiger partial charge in [-0.2, -0.15) is 0 Å². The fourth-order valence-corrected chi connectivity index (χ4v) is 3.01. The van der Waals surface area contributed by atoms with Crippen molar-refractivity contribution in [2.24, 2.45) is 0 Å². The van der Waals surface area contributed by atoms with Crippen molar-refractivity contribution in [2.45, 2.75) is 33.4 Å². The van der Waals surface area contributed by atoms with Crippen molar-refractivity contribution in [1.82, 2.24) is 9.80 Å². The van der Waals surface area contributed by atoms with E-state index < -0.39 is 0 Å². The summed E-state index contributed by atoms with van der Waals surface area (Å²) in [6.07, 6.45) is 0. The summed E-state index contributed by atoms with van der Waals surface area (Å²) in [7, 11) is 1.79. The Bertz CT molecular complexity index is 731. The van der Waals surface area contributed by atoms with Gasteiger partial charge in [0.25, 0.3) is 5.91 Å².